The number of nitrogens with zero attached hydrogens (tertiary/aromatic N) is 2. The number of ether oxygens (including phenoxy) is 1. The van der Waals surface area contributed by atoms with Crippen LogP contribution in [-0.2, 0) is 0 Å². The Kier molecular flexibility index (Phi) is 2.81. The molecule has 1 aliphatic rings. The summed E-state index contributed by atoms with van der Waals surface area (Å²) in [6, 6.07) is 11.2. The predicted octanol–water partition coefficient (Wildman–Crippen LogP) is 3.21. The van der Waals surface area contributed by atoms with Crippen LogP contribution in [0.25, 0.3) is 0 Å². The Bertz CT molecular complexity index is 639. The molecule has 2 aromatic rings. The number of nitrogen functional groups attached to an aromatic ring is 1. The van der Waals surface area contributed by atoms with Gasteiger partial charge in [0, 0.05) is 6.07 Å². The van der Waals surface area contributed by atoms with E-state index in [9.17, 15) is 0 Å². The van der Waals surface area contributed by atoms with Crippen LogP contribution in [0.2, 0.25) is 0 Å². The van der Waals surface area contributed by atoms with Crippen molar-refractivity contribution in [1.29, 1.82) is 5.26 Å². The molecule has 1 aromatic carbocycles. The maximum Gasteiger partial charge on any atom is 0.219 e. The summed E-state index contributed by atoms with van der Waals surface area (Å²) in [7, 11) is 0. The Labute approximate surface area is 111 Å². The molecular formula is C15H13N3O. The fraction of sp³-hybridized carbons (Fsp3) is 0.200. The molecule has 0 atom stereocenters. The monoisotopic (exact) mass is 251 g/mol. The van der Waals surface area contributed by atoms with Crippen molar-refractivity contribution in [2.75, 3.05) is 5.73 Å². The molecule has 0 radical (unpaired) electrons. The van der Waals surface area contributed by atoms with E-state index in [0.717, 1.165) is 24.0 Å². The molecule has 4 heteroatoms. The van der Waals surface area contributed by atoms with Crippen molar-refractivity contribution in [3.8, 4) is 17.7 Å². The third-order valence-corrected chi connectivity index (χ3v) is 3.14. The summed E-state index contributed by atoms with van der Waals surface area (Å²) in [5.41, 5.74) is 7.99. The van der Waals surface area contributed by atoms with Crippen molar-refractivity contribution >= 4 is 5.69 Å². The molecule has 0 aliphatic heterocycles. The van der Waals surface area contributed by atoms with Gasteiger partial charge in [0.05, 0.1) is 23.5 Å². The lowest BCUT2D eigenvalue weighted by Gasteiger charge is -2.08. The van der Waals surface area contributed by atoms with Gasteiger partial charge in [-0.2, -0.15) is 5.26 Å². The zero-order chi connectivity index (χ0) is 13.2. The molecule has 1 aliphatic carbocycles. The van der Waals surface area contributed by atoms with E-state index in [4.69, 9.17) is 15.7 Å². The van der Waals surface area contributed by atoms with Crippen LogP contribution in [0.3, 0.4) is 0 Å². The number of anilines is 1. The van der Waals surface area contributed by atoms with E-state index in [0.29, 0.717) is 23.2 Å². The summed E-state index contributed by atoms with van der Waals surface area (Å²) in [5.74, 6) is 1.72. The van der Waals surface area contributed by atoms with Gasteiger partial charge in [0.1, 0.15) is 5.75 Å². The quantitative estimate of drug-likeness (QED) is 0.909. The van der Waals surface area contributed by atoms with Crippen molar-refractivity contribution in [2.24, 2.45) is 0 Å². The Balaban J connectivity index is 1.87. The van der Waals surface area contributed by atoms with Crippen LogP contribution in [0.1, 0.15) is 29.9 Å². The number of benzene rings is 1. The van der Waals surface area contributed by atoms with Crippen molar-refractivity contribution in [1.82, 2.24) is 4.98 Å². The lowest BCUT2D eigenvalue weighted by Crippen LogP contribution is -1.93. The van der Waals surface area contributed by atoms with Crippen LogP contribution in [-0.4, -0.2) is 4.98 Å². The number of hydrogen-bond donors (Lipinski definition) is 1. The second-order valence-electron chi connectivity index (χ2n) is 4.67. The normalized spacial score (nSPS) is 13.8. The minimum absolute atomic E-state index is 0.501. The molecule has 3 rings (SSSR count). The first kappa shape index (κ1) is 11.5. The third kappa shape index (κ3) is 2.50. The molecule has 0 spiro atoms. The van der Waals surface area contributed by atoms with Gasteiger partial charge in [-0.3, -0.25) is 0 Å². The van der Waals surface area contributed by atoms with Crippen molar-refractivity contribution in [2.45, 2.75) is 18.8 Å². The zero-order valence-electron chi connectivity index (χ0n) is 10.3. The van der Waals surface area contributed by atoms with E-state index < -0.39 is 0 Å². The van der Waals surface area contributed by atoms with Crippen molar-refractivity contribution in [3.63, 3.8) is 0 Å². The number of aromatic nitrogens is 1. The SMILES string of the molecule is N#Cc1ccc(Oc2ccc(N)cn2)cc1C1CC1. The van der Waals surface area contributed by atoms with Crippen LogP contribution in [0.15, 0.2) is 36.5 Å². The first-order valence-corrected chi connectivity index (χ1v) is 6.19. The van der Waals surface area contributed by atoms with E-state index >= 15 is 0 Å². The molecule has 0 bridgehead atoms. The largest absolute Gasteiger partial charge is 0.439 e. The number of nitrogens with two attached hydrogens (primary N) is 1. The fourth-order valence-corrected chi connectivity index (χ4v) is 2.01. The lowest BCUT2D eigenvalue weighted by atomic mass is 10.0. The molecule has 0 saturated heterocycles. The van der Waals surface area contributed by atoms with Gasteiger partial charge in [-0.1, -0.05) is 0 Å². The summed E-state index contributed by atoms with van der Waals surface area (Å²) in [6.07, 6.45) is 3.86. The second kappa shape index (κ2) is 4.62. The number of nitriles is 1. The molecule has 1 fully saturated rings. The van der Waals surface area contributed by atoms with E-state index in [1.165, 1.54) is 0 Å². The highest BCUT2D eigenvalue weighted by Gasteiger charge is 2.26. The van der Waals surface area contributed by atoms with Gasteiger partial charge >= 0.3 is 0 Å². The molecule has 0 unspecified atom stereocenters. The molecule has 1 aromatic heterocycles. The first-order valence-electron chi connectivity index (χ1n) is 6.19. The highest BCUT2D eigenvalue weighted by Crippen LogP contribution is 2.43. The predicted molar refractivity (Wildman–Crippen MR) is 71.9 cm³/mol. The van der Waals surface area contributed by atoms with E-state index in [-0.39, 0.29) is 0 Å². The Morgan fingerprint density at radius 1 is 1.26 bits per heavy atom. The highest BCUT2D eigenvalue weighted by atomic mass is 16.5. The maximum absolute atomic E-state index is 9.09. The standard InChI is InChI=1S/C15H13N3O/c16-8-11-3-5-13(7-14(11)10-1-2-10)19-15-6-4-12(17)9-18-15/h3-7,9-10H,1-2,17H2. The van der Waals surface area contributed by atoms with Crippen LogP contribution in [0, 0.1) is 11.3 Å². The topological polar surface area (TPSA) is 71.9 Å². The third-order valence-electron chi connectivity index (χ3n) is 3.14. The maximum atomic E-state index is 9.09. The smallest absolute Gasteiger partial charge is 0.219 e. The second-order valence-corrected chi connectivity index (χ2v) is 4.67. The van der Waals surface area contributed by atoms with Gasteiger partial charge in [-0.15, -0.1) is 0 Å². The fourth-order valence-electron chi connectivity index (χ4n) is 2.01. The average Bonchev–Trinajstić information content (AvgIpc) is 3.26. The molecule has 0 amide bonds. The minimum atomic E-state index is 0.501. The molecular weight excluding hydrogens is 238 g/mol. The van der Waals surface area contributed by atoms with Gasteiger partial charge in [-0.05, 0) is 48.6 Å². The summed E-state index contributed by atoms with van der Waals surface area (Å²) >= 11 is 0. The summed E-state index contributed by atoms with van der Waals surface area (Å²) < 4.78 is 5.68. The Morgan fingerprint density at radius 3 is 2.74 bits per heavy atom. The van der Waals surface area contributed by atoms with Crippen molar-refractivity contribution in [3.05, 3.63) is 47.7 Å². The molecule has 1 saturated carbocycles. The van der Waals surface area contributed by atoms with Crippen LogP contribution < -0.4 is 10.5 Å². The van der Waals surface area contributed by atoms with Crippen LogP contribution in [0.4, 0.5) is 5.69 Å². The van der Waals surface area contributed by atoms with Gasteiger partial charge in [-0.25, -0.2) is 4.98 Å². The molecule has 2 N–H and O–H groups in total. The number of hydrogen-bond acceptors (Lipinski definition) is 4. The molecule has 19 heavy (non-hydrogen) atoms. The average molecular weight is 251 g/mol. The highest BCUT2D eigenvalue weighted by molar-refractivity contribution is 5.47. The summed E-state index contributed by atoms with van der Waals surface area (Å²) in [6.45, 7) is 0. The van der Waals surface area contributed by atoms with E-state index in [2.05, 4.69) is 11.1 Å². The molecule has 1 heterocycles. The molecule has 4 nitrogen and oxygen atoms in total. The lowest BCUT2D eigenvalue weighted by molar-refractivity contribution is 0.462. The minimum Gasteiger partial charge on any atom is -0.439 e. The summed E-state index contributed by atoms with van der Waals surface area (Å²) in [5, 5.41) is 9.09. The number of pyridine rings is 1. The van der Waals surface area contributed by atoms with Gasteiger partial charge in [0.15, 0.2) is 0 Å². The number of rotatable bonds is 3. The van der Waals surface area contributed by atoms with Crippen LogP contribution in [0.5, 0.6) is 11.6 Å². The first-order chi connectivity index (χ1) is 9.26. The van der Waals surface area contributed by atoms with Crippen molar-refractivity contribution < 1.29 is 4.74 Å². The van der Waals surface area contributed by atoms with Gasteiger partial charge in [0.2, 0.25) is 5.88 Å². The van der Waals surface area contributed by atoms with Gasteiger partial charge < -0.3 is 10.5 Å². The Morgan fingerprint density at radius 2 is 2.11 bits per heavy atom. The van der Waals surface area contributed by atoms with Gasteiger partial charge in [0.25, 0.3) is 0 Å². The Hall–Kier alpha value is -2.54. The summed E-state index contributed by atoms with van der Waals surface area (Å²) in [4.78, 5) is 4.09. The van der Waals surface area contributed by atoms with Crippen LogP contribution >= 0.6 is 0 Å². The molecule has 94 valence electrons. The zero-order valence-corrected chi connectivity index (χ0v) is 10.3. The van der Waals surface area contributed by atoms with E-state index in [1.54, 1.807) is 30.5 Å². The van der Waals surface area contributed by atoms with E-state index in [1.807, 2.05) is 6.07 Å².